The maximum absolute atomic E-state index is 13.3. The Hall–Kier alpha value is -8.14. The lowest BCUT2D eigenvalue weighted by Gasteiger charge is -2.08. The molecule has 336 valence electrons. The fourth-order valence-electron chi connectivity index (χ4n) is 6.84. The molecule has 6 aromatic heterocycles. The van der Waals surface area contributed by atoms with Crippen molar-refractivity contribution in [1.29, 1.82) is 0 Å². The van der Waals surface area contributed by atoms with Crippen molar-refractivity contribution in [2.24, 2.45) is 42.3 Å². The maximum atomic E-state index is 13.3. The molecule has 0 fully saturated rings. The van der Waals surface area contributed by atoms with Gasteiger partial charge in [-0.15, -0.1) is 0 Å². The first-order valence-corrected chi connectivity index (χ1v) is 20.1. The van der Waals surface area contributed by atoms with Crippen LogP contribution in [-0.2, 0) is 47.1 Å². The molecule has 0 saturated heterocycles. The number of amides is 7. The van der Waals surface area contributed by atoms with Gasteiger partial charge in [-0.2, -0.15) is 0 Å². The second-order valence-corrected chi connectivity index (χ2v) is 15.6. The summed E-state index contributed by atoms with van der Waals surface area (Å²) in [6.45, 7) is 1.06. The van der Waals surface area contributed by atoms with Crippen molar-refractivity contribution >= 4 is 69.8 Å². The van der Waals surface area contributed by atoms with Gasteiger partial charge < -0.3 is 69.5 Å². The van der Waals surface area contributed by atoms with Crippen molar-refractivity contribution < 1.29 is 38.5 Å². The predicted octanol–water partition coefficient (Wildman–Crippen LogP) is 0.755. The molecule has 0 bridgehead atoms. The van der Waals surface area contributed by atoms with Crippen molar-refractivity contribution in [3.05, 3.63) is 108 Å². The number of anilines is 5. The van der Waals surface area contributed by atoms with Crippen molar-refractivity contribution in [3.8, 4) is 0 Å². The molecule has 0 atom stereocenters. The molecular weight excluding hydrogens is 827 g/mol. The minimum absolute atomic E-state index is 0.166. The largest absolute Gasteiger partial charge is 0.351 e. The molecule has 22 heteroatoms. The van der Waals surface area contributed by atoms with E-state index in [2.05, 4.69) is 42.2 Å². The second-order valence-electron chi connectivity index (χ2n) is 15.6. The average molecular weight is 879 g/mol. The number of aryl methyl sites for hydroxylation is 6. The maximum Gasteiger partial charge on any atom is 0.291 e. The number of aromatic nitrogens is 7. The van der Waals surface area contributed by atoms with Crippen LogP contribution in [0.5, 0.6) is 0 Å². The van der Waals surface area contributed by atoms with Gasteiger partial charge in [0.25, 0.3) is 35.4 Å². The summed E-state index contributed by atoms with van der Waals surface area (Å²) in [5, 5.41) is 19.2. The van der Waals surface area contributed by atoms with Gasteiger partial charge in [-0.05, 0) is 30.3 Å². The zero-order chi connectivity index (χ0) is 46.4. The predicted molar refractivity (Wildman–Crippen MR) is 238 cm³/mol. The van der Waals surface area contributed by atoms with Gasteiger partial charge in [-0.3, -0.25) is 33.6 Å². The minimum atomic E-state index is -0.580. The van der Waals surface area contributed by atoms with Crippen LogP contribution < -0.4 is 42.1 Å². The third kappa shape index (κ3) is 10.8. The molecule has 22 nitrogen and oxygen atoms in total. The van der Waals surface area contributed by atoms with E-state index < -0.39 is 42.0 Å². The van der Waals surface area contributed by atoms with Gasteiger partial charge in [0.05, 0.1) is 55.6 Å². The molecule has 6 rings (SSSR count). The molecule has 0 radical (unpaired) electrons. The summed E-state index contributed by atoms with van der Waals surface area (Å²) in [7, 11) is 14.0. The zero-order valence-electron chi connectivity index (χ0n) is 36.7. The molecule has 8 N–H and O–H groups in total. The SMILES string of the molecule is Cn1cc(NC(=O)c2cc(NC(=O)c3cc(NC(=O)CNC(=O)c4cc(NC(=O)c5cc(NC(=O)c6nccn6C)cn5C)cn4C)cn3C)cn2C)cc1C(=O)NCCC[NH+](C)C. The summed E-state index contributed by atoms with van der Waals surface area (Å²) in [4.78, 5) is 96.2. The number of hydrogen-bond donors (Lipinski definition) is 8. The van der Waals surface area contributed by atoms with E-state index in [1.54, 1.807) is 97.6 Å². The Morgan fingerprint density at radius 2 is 0.844 bits per heavy atom. The van der Waals surface area contributed by atoms with Crippen LogP contribution in [0.1, 0.15) is 69.5 Å². The summed E-state index contributed by atoms with van der Waals surface area (Å²) >= 11 is 0. The van der Waals surface area contributed by atoms with Crippen LogP contribution in [0.4, 0.5) is 28.4 Å². The van der Waals surface area contributed by atoms with Gasteiger partial charge in [0, 0.05) is 98.6 Å². The molecule has 0 unspecified atom stereocenters. The van der Waals surface area contributed by atoms with Crippen LogP contribution in [0.3, 0.4) is 0 Å². The fourth-order valence-corrected chi connectivity index (χ4v) is 6.84. The Bertz CT molecular complexity index is 2760. The van der Waals surface area contributed by atoms with Gasteiger partial charge in [0.1, 0.15) is 28.5 Å². The Morgan fingerprint density at radius 1 is 0.484 bits per heavy atom. The second kappa shape index (κ2) is 19.3. The van der Waals surface area contributed by atoms with Crippen molar-refractivity contribution in [3.63, 3.8) is 0 Å². The molecule has 0 spiro atoms. The van der Waals surface area contributed by atoms with E-state index in [1.807, 2.05) is 14.1 Å². The van der Waals surface area contributed by atoms with E-state index in [4.69, 9.17) is 0 Å². The lowest BCUT2D eigenvalue weighted by Crippen LogP contribution is -3.05. The van der Waals surface area contributed by atoms with Gasteiger partial charge in [-0.25, -0.2) is 4.98 Å². The Morgan fingerprint density at radius 3 is 1.22 bits per heavy atom. The summed E-state index contributed by atoms with van der Waals surface area (Å²) in [6.07, 6.45) is 11.9. The smallest absolute Gasteiger partial charge is 0.291 e. The highest BCUT2D eigenvalue weighted by Crippen LogP contribution is 2.21. The average Bonchev–Trinajstić information content (AvgIpc) is 4.09. The summed E-state index contributed by atoms with van der Waals surface area (Å²) in [5.41, 5.74) is 3.05. The van der Waals surface area contributed by atoms with Crippen molar-refractivity contribution in [1.82, 2.24) is 43.0 Å². The van der Waals surface area contributed by atoms with Crippen molar-refractivity contribution in [2.45, 2.75) is 6.42 Å². The van der Waals surface area contributed by atoms with Gasteiger partial charge >= 0.3 is 0 Å². The number of quaternary nitrogens is 1. The Labute approximate surface area is 367 Å². The van der Waals surface area contributed by atoms with Crippen LogP contribution in [0, 0.1) is 0 Å². The van der Waals surface area contributed by atoms with Crippen molar-refractivity contribution in [2.75, 3.05) is 60.3 Å². The van der Waals surface area contributed by atoms with E-state index in [9.17, 15) is 33.6 Å². The van der Waals surface area contributed by atoms with E-state index in [0.29, 0.717) is 40.7 Å². The van der Waals surface area contributed by atoms with Crippen LogP contribution in [0.2, 0.25) is 0 Å². The van der Waals surface area contributed by atoms with E-state index in [1.165, 1.54) is 50.7 Å². The molecule has 64 heavy (non-hydrogen) atoms. The molecule has 7 amide bonds. The highest BCUT2D eigenvalue weighted by Gasteiger charge is 2.21. The number of nitrogens with one attached hydrogen (secondary N) is 8. The number of imidazole rings is 1. The minimum Gasteiger partial charge on any atom is -0.351 e. The van der Waals surface area contributed by atoms with Gasteiger partial charge in [-0.1, -0.05) is 0 Å². The van der Waals surface area contributed by atoms with E-state index in [0.717, 1.165) is 13.0 Å². The monoisotopic (exact) mass is 878 g/mol. The lowest BCUT2D eigenvalue weighted by molar-refractivity contribution is -0.858. The molecule has 0 aliphatic heterocycles. The fraction of sp³-hybridized carbons (Fsp3) is 0.286. The highest BCUT2D eigenvalue weighted by molar-refractivity contribution is 6.09. The van der Waals surface area contributed by atoms with Gasteiger partial charge in [0.2, 0.25) is 5.91 Å². The van der Waals surface area contributed by atoms with Gasteiger partial charge in [0.15, 0.2) is 5.82 Å². The van der Waals surface area contributed by atoms with Crippen LogP contribution in [-0.4, -0.2) is 107 Å². The summed E-state index contributed by atoms with van der Waals surface area (Å²) < 4.78 is 9.31. The first-order valence-electron chi connectivity index (χ1n) is 20.1. The third-order valence-corrected chi connectivity index (χ3v) is 10.1. The first-order chi connectivity index (χ1) is 30.4. The van der Waals surface area contributed by atoms with E-state index in [-0.39, 0.29) is 34.5 Å². The molecular formula is C42H52N15O7+. The molecule has 0 aromatic carbocycles. The number of hydrogen-bond acceptors (Lipinski definition) is 8. The number of rotatable bonds is 17. The van der Waals surface area contributed by atoms with Crippen LogP contribution in [0.25, 0.3) is 0 Å². The topological polar surface area (TPSA) is 251 Å². The number of carbonyl (C=O) groups is 7. The molecule has 6 aromatic rings. The zero-order valence-corrected chi connectivity index (χ0v) is 36.7. The standard InChI is InChI=1S/C42H51N15O7/c1-51(2)12-9-10-44-37(59)30-15-26(21-53(30)4)47-40(62)33-17-28(23-56(33)7)49-39(61)32-14-25(20-55(32)6)46-35(58)19-45-38(60)31-16-27(22-54(31)5)48-41(63)34-18-29(24-57(34)8)50-42(64)36-43-11-13-52(36)3/h11,13-18,20-24H,9-10,12,19H2,1-8H3,(H,44,59)(H,45,60)(H,46,58)(H,47,62)(H,48,63)(H,49,61)(H,50,64)/p+1. The molecule has 0 aliphatic carbocycles. The summed E-state index contributed by atoms with van der Waals surface area (Å²) in [5.74, 6) is -3.06. The Kier molecular flexibility index (Phi) is 13.7. The quantitative estimate of drug-likeness (QED) is 0.0606. The normalized spacial score (nSPS) is 11.0. The number of carbonyl (C=O) groups excluding carboxylic acids is 7. The molecule has 0 aliphatic rings. The molecule has 0 saturated carbocycles. The molecule has 6 heterocycles. The Balaban J connectivity index is 0.977. The third-order valence-electron chi connectivity index (χ3n) is 10.1. The van der Waals surface area contributed by atoms with Crippen LogP contribution >= 0.6 is 0 Å². The van der Waals surface area contributed by atoms with E-state index >= 15 is 0 Å². The highest BCUT2D eigenvalue weighted by atomic mass is 16.2. The first kappa shape index (κ1) is 45.4. The van der Waals surface area contributed by atoms with Crippen LogP contribution in [0.15, 0.2) is 73.7 Å². The lowest BCUT2D eigenvalue weighted by atomic mass is 10.3. The number of nitrogens with zero attached hydrogens (tertiary/aromatic N) is 7. The summed E-state index contributed by atoms with van der Waals surface area (Å²) in [6, 6.07) is 7.54.